The molecule has 4 nitrogen and oxygen atoms in total. The Morgan fingerprint density at radius 2 is 2.12 bits per heavy atom. The molecule has 17 heavy (non-hydrogen) atoms. The van der Waals surface area contributed by atoms with Gasteiger partial charge in [-0.25, -0.2) is 0 Å². The number of β-amino-alcohol motifs (C(OH)–C–C–N with tert-alkyl or cyclic N) is 1. The van der Waals surface area contributed by atoms with Gasteiger partial charge >= 0.3 is 0 Å². The first kappa shape index (κ1) is 12.4. The van der Waals surface area contributed by atoms with E-state index in [-0.39, 0.29) is 0 Å². The molecule has 1 saturated heterocycles. The number of hydrogen-bond acceptors (Lipinski definition) is 4. The van der Waals surface area contributed by atoms with Crippen molar-refractivity contribution in [1.29, 1.82) is 0 Å². The topological polar surface area (TPSA) is 58.7 Å². The summed E-state index contributed by atoms with van der Waals surface area (Å²) in [6.45, 7) is 4.04. The fraction of sp³-hybridized carbons (Fsp3) is 0.538. The van der Waals surface area contributed by atoms with Crippen LogP contribution in [0.3, 0.4) is 0 Å². The van der Waals surface area contributed by atoms with Gasteiger partial charge in [-0.1, -0.05) is 18.2 Å². The van der Waals surface area contributed by atoms with Crippen molar-refractivity contribution in [1.82, 2.24) is 4.90 Å². The predicted octanol–water partition coefficient (Wildman–Crippen LogP) is 1.02. The number of aliphatic hydroxyl groups excluding tert-OH is 1. The van der Waals surface area contributed by atoms with E-state index in [2.05, 4.69) is 4.90 Å². The van der Waals surface area contributed by atoms with Gasteiger partial charge in [0.15, 0.2) is 0 Å². The van der Waals surface area contributed by atoms with Gasteiger partial charge in [0.05, 0.1) is 12.7 Å². The van der Waals surface area contributed by atoms with Crippen molar-refractivity contribution in [2.24, 2.45) is 0 Å². The van der Waals surface area contributed by atoms with Crippen molar-refractivity contribution < 1.29 is 9.84 Å². The van der Waals surface area contributed by atoms with Crippen LogP contribution in [0.4, 0.5) is 5.69 Å². The fourth-order valence-corrected chi connectivity index (χ4v) is 2.14. The van der Waals surface area contributed by atoms with E-state index in [0.717, 1.165) is 38.3 Å². The van der Waals surface area contributed by atoms with Crippen LogP contribution >= 0.6 is 0 Å². The maximum Gasteiger partial charge on any atom is 0.0936 e. The molecule has 0 bridgehead atoms. The minimum Gasteiger partial charge on any atom is -0.398 e. The minimum atomic E-state index is -0.519. The summed E-state index contributed by atoms with van der Waals surface area (Å²) in [5.74, 6) is 0. The van der Waals surface area contributed by atoms with E-state index in [1.807, 2.05) is 24.3 Å². The van der Waals surface area contributed by atoms with Gasteiger partial charge in [-0.15, -0.1) is 0 Å². The molecule has 0 spiro atoms. The number of benzene rings is 1. The molecule has 1 aliphatic rings. The van der Waals surface area contributed by atoms with Gasteiger partial charge in [-0.3, -0.25) is 4.90 Å². The summed E-state index contributed by atoms with van der Waals surface area (Å²) in [5, 5.41) is 10.2. The Bertz CT molecular complexity index is 349. The van der Waals surface area contributed by atoms with E-state index < -0.39 is 6.10 Å². The SMILES string of the molecule is Nc1ccccc1C(O)CN1CCCOCC1. The number of ether oxygens (including phenoxy) is 1. The highest BCUT2D eigenvalue weighted by atomic mass is 16.5. The lowest BCUT2D eigenvalue weighted by Crippen LogP contribution is -2.31. The second-order valence-corrected chi connectivity index (χ2v) is 4.41. The minimum absolute atomic E-state index is 0.519. The zero-order valence-corrected chi connectivity index (χ0v) is 10.0. The summed E-state index contributed by atoms with van der Waals surface area (Å²) in [5.41, 5.74) is 7.33. The van der Waals surface area contributed by atoms with Gasteiger partial charge < -0.3 is 15.6 Å². The van der Waals surface area contributed by atoms with Gasteiger partial charge in [-0.2, -0.15) is 0 Å². The predicted molar refractivity (Wildman–Crippen MR) is 67.7 cm³/mol. The Morgan fingerprint density at radius 1 is 1.29 bits per heavy atom. The highest BCUT2D eigenvalue weighted by molar-refractivity contribution is 5.47. The first-order valence-electron chi connectivity index (χ1n) is 6.10. The average molecular weight is 236 g/mol. The number of para-hydroxylation sites is 1. The molecule has 3 N–H and O–H groups in total. The van der Waals surface area contributed by atoms with E-state index in [9.17, 15) is 5.11 Å². The molecule has 0 amide bonds. The van der Waals surface area contributed by atoms with Crippen LogP contribution in [0, 0.1) is 0 Å². The fourth-order valence-electron chi connectivity index (χ4n) is 2.14. The smallest absolute Gasteiger partial charge is 0.0936 e. The lowest BCUT2D eigenvalue weighted by molar-refractivity contribution is 0.104. The Hall–Kier alpha value is -1.10. The average Bonchev–Trinajstić information content (AvgIpc) is 2.58. The molecule has 1 aromatic carbocycles. The van der Waals surface area contributed by atoms with Crippen LogP contribution in [0.5, 0.6) is 0 Å². The first-order valence-corrected chi connectivity index (χ1v) is 6.10. The Balaban J connectivity index is 1.96. The van der Waals surface area contributed by atoms with Gasteiger partial charge in [0.25, 0.3) is 0 Å². The van der Waals surface area contributed by atoms with E-state index in [1.165, 1.54) is 0 Å². The molecular weight excluding hydrogens is 216 g/mol. The molecule has 1 fully saturated rings. The normalized spacial score (nSPS) is 19.8. The number of nitrogens with two attached hydrogens (primary N) is 1. The summed E-state index contributed by atoms with van der Waals surface area (Å²) < 4.78 is 5.39. The molecule has 1 aromatic rings. The van der Waals surface area contributed by atoms with E-state index in [0.29, 0.717) is 12.2 Å². The van der Waals surface area contributed by atoms with Crippen LogP contribution in [0.1, 0.15) is 18.1 Å². The highest BCUT2D eigenvalue weighted by Crippen LogP contribution is 2.21. The molecule has 1 heterocycles. The summed E-state index contributed by atoms with van der Waals surface area (Å²) in [7, 11) is 0. The number of anilines is 1. The summed E-state index contributed by atoms with van der Waals surface area (Å²) in [4.78, 5) is 2.23. The Kier molecular flexibility index (Phi) is 4.36. The summed E-state index contributed by atoms with van der Waals surface area (Å²) >= 11 is 0. The van der Waals surface area contributed by atoms with Crippen LogP contribution in [-0.2, 0) is 4.74 Å². The second kappa shape index (κ2) is 6.00. The van der Waals surface area contributed by atoms with Gasteiger partial charge in [0.2, 0.25) is 0 Å². The molecule has 1 aliphatic heterocycles. The zero-order valence-electron chi connectivity index (χ0n) is 10.0. The van der Waals surface area contributed by atoms with Crippen LogP contribution in [0.2, 0.25) is 0 Å². The largest absolute Gasteiger partial charge is 0.398 e. The van der Waals surface area contributed by atoms with Crippen molar-refractivity contribution in [2.45, 2.75) is 12.5 Å². The number of nitrogen functional groups attached to an aromatic ring is 1. The van der Waals surface area contributed by atoms with E-state index in [4.69, 9.17) is 10.5 Å². The first-order chi connectivity index (χ1) is 8.27. The molecule has 0 saturated carbocycles. The van der Waals surface area contributed by atoms with Gasteiger partial charge in [-0.05, 0) is 12.5 Å². The standard InChI is InChI=1S/C13H20N2O2/c14-12-5-2-1-4-11(12)13(16)10-15-6-3-8-17-9-7-15/h1-2,4-5,13,16H,3,6-10,14H2. The van der Waals surface area contributed by atoms with Crippen molar-refractivity contribution in [3.63, 3.8) is 0 Å². The monoisotopic (exact) mass is 236 g/mol. The summed E-state index contributed by atoms with van der Waals surface area (Å²) in [6.07, 6.45) is 0.506. The van der Waals surface area contributed by atoms with Gasteiger partial charge in [0, 0.05) is 37.5 Å². The zero-order chi connectivity index (χ0) is 12.1. The van der Waals surface area contributed by atoms with E-state index in [1.54, 1.807) is 0 Å². The van der Waals surface area contributed by atoms with Crippen LogP contribution in [-0.4, -0.2) is 42.9 Å². The molecule has 0 radical (unpaired) electrons. The quantitative estimate of drug-likeness (QED) is 0.769. The number of rotatable bonds is 3. The number of aliphatic hydroxyl groups is 1. The molecule has 1 atom stereocenters. The van der Waals surface area contributed by atoms with E-state index >= 15 is 0 Å². The van der Waals surface area contributed by atoms with Crippen molar-refractivity contribution >= 4 is 5.69 Å². The second-order valence-electron chi connectivity index (χ2n) is 4.41. The van der Waals surface area contributed by atoms with Crippen molar-refractivity contribution in [2.75, 3.05) is 38.6 Å². The van der Waals surface area contributed by atoms with Crippen molar-refractivity contribution in [3.05, 3.63) is 29.8 Å². The maximum absolute atomic E-state index is 10.2. The lowest BCUT2D eigenvalue weighted by atomic mass is 10.1. The number of hydrogen-bond donors (Lipinski definition) is 2. The van der Waals surface area contributed by atoms with Gasteiger partial charge in [0.1, 0.15) is 0 Å². The molecule has 0 aromatic heterocycles. The third-order valence-electron chi connectivity index (χ3n) is 3.10. The molecule has 4 heteroatoms. The number of nitrogens with zero attached hydrogens (tertiary/aromatic N) is 1. The molecule has 2 rings (SSSR count). The Labute approximate surface area is 102 Å². The maximum atomic E-state index is 10.2. The Morgan fingerprint density at radius 3 is 2.94 bits per heavy atom. The van der Waals surface area contributed by atoms with Crippen LogP contribution in [0.25, 0.3) is 0 Å². The molecular formula is C13H20N2O2. The molecule has 94 valence electrons. The third-order valence-corrected chi connectivity index (χ3v) is 3.10. The lowest BCUT2D eigenvalue weighted by Gasteiger charge is -2.23. The third kappa shape index (κ3) is 3.43. The summed E-state index contributed by atoms with van der Waals surface area (Å²) in [6, 6.07) is 7.49. The molecule has 0 aliphatic carbocycles. The molecule has 1 unspecified atom stereocenters. The van der Waals surface area contributed by atoms with Crippen LogP contribution in [0.15, 0.2) is 24.3 Å². The van der Waals surface area contributed by atoms with Crippen LogP contribution < -0.4 is 5.73 Å². The van der Waals surface area contributed by atoms with Crippen molar-refractivity contribution in [3.8, 4) is 0 Å². The highest BCUT2D eigenvalue weighted by Gasteiger charge is 2.16.